The lowest BCUT2D eigenvalue weighted by molar-refractivity contribution is 0.302. The van der Waals surface area contributed by atoms with Gasteiger partial charge in [0.2, 0.25) is 0 Å². The molecule has 0 saturated heterocycles. The Morgan fingerprint density at radius 1 is 1.24 bits per heavy atom. The Bertz CT molecular complexity index is 642. The third kappa shape index (κ3) is 3.60. The lowest BCUT2D eigenvalue weighted by atomic mass is 9.98. The van der Waals surface area contributed by atoms with E-state index in [2.05, 4.69) is 33.4 Å². The van der Waals surface area contributed by atoms with Gasteiger partial charge < -0.3 is 10.1 Å². The van der Waals surface area contributed by atoms with Crippen molar-refractivity contribution in [2.75, 3.05) is 7.05 Å². The number of benzene rings is 2. The zero-order valence-electron chi connectivity index (χ0n) is 11.8. The van der Waals surface area contributed by atoms with E-state index >= 15 is 0 Å². The van der Waals surface area contributed by atoms with Crippen LogP contribution in [0.25, 0.3) is 0 Å². The number of ether oxygens (including phenoxy) is 1. The highest BCUT2D eigenvalue weighted by Gasteiger charge is 2.24. The molecule has 1 atom stereocenters. The van der Waals surface area contributed by atoms with Crippen molar-refractivity contribution in [2.45, 2.75) is 25.0 Å². The van der Waals surface area contributed by atoms with E-state index < -0.39 is 0 Å². The second kappa shape index (κ2) is 6.39. The molecule has 1 aliphatic carbocycles. The Balaban J connectivity index is 1.93. The Kier molecular flexibility index (Phi) is 4.53. The largest absolute Gasteiger partial charge is 0.490 e. The van der Waals surface area contributed by atoms with E-state index in [0.29, 0.717) is 6.10 Å². The minimum atomic E-state index is 0.0702. The predicted octanol–water partition coefficient (Wildman–Crippen LogP) is 4.95. The van der Waals surface area contributed by atoms with Crippen LogP contribution in [-0.2, 0) is 0 Å². The van der Waals surface area contributed by atoms with Crippen LogP contribution >= 0.6 is 27.5 Å². The summed E-state index contributed by atoms with van der Waals surface area (Å²) in [6.45, 7) is 0. The van der Waals surface area contributed by atoms with Gasteiger partial charge in [0, 0.05) is 9.50 Å². The van der Waals surface area contributed by atoms with Crippen molar-refractivity contribution in [3.05, 3.63) is 63.1 Å². The average Bonchev–Trinajstić information content (AvgIpc) is 3.28. The van der Waals surface area contributed by atoms with E-state index in [9.17, 15) is 0 Å². The van der Waals surface area contributed by atoms with Crippen LogP contribution in [-0.4, -0.2) is 13.2 Å². The molecular formula is C17H17BrClNO. The van der Waals surface area contributed by atoms with Gasteiger partial charge in [0.1, 0.15) is 5.75 Å². The average molecular weight is 367 g/mol. The fourth-order valence-electron chi connectivity index (χ4n) is 2.38. The molecule has 21 heavy (non-hydrogen) atoms. The molecule has 0 radical (unpaired) electrons. The Hall–Kier alpha value is -1.03. The summed E-state index contributed by atoms with van der Waals surface area (Å²) in [5, 5.41) is 4.09. The van der Waals surface area contributed by atoms with E-state index in [-0.39, 0.29) is 6.04 Å². The topological polar surface area (TPSA) is 21.3 Å². The first-order valence-electron chi connectivity index (χ1n) is 7.06. The molecule has 0 amide bonds. The number of nitrogens with one attached hydrogen (secondary N) is 1. The van der Waals surface area contributed by atoms with Crippen LogP contribution in [0.4, 0.5) is 0 Å². The summed E-state index contributed by atoms with van der Waals surface area (Å²) in [5.41, 5.74) is 2.28. The van der Waals surface area contributed by atoms with Gasteiger partial charge in [-0.15, -0.1) is 0 Å². The molecule has 0 aromatic heterocycles. The third-order valence-electron chi connectivity index (χ3n) is 3.58. The highest BCUT2D eigenvalue weighted by molar-refractivity contribution is 9.10. The van der Waals surface area contributed by atoms with Gasteiger partial charge in [-0.05, 0) is 61.3 Å². The van der Waals surface area contributed by atoms with Crippen molar-refractivity contribution in [3.63, 3.8) is 0 Å². The fraction of sp³-hybridized carbons (Fsp3) is 0.294. The molecule has 1 unspecified atom stereocenters. The zero-order valence-corrected chi connectivity index (χ0v) is 14.1. The van der Waals surface area contributed by atoms with E-state index in [1.165, 1.54) is 18.4 Å². The van der Waals surface area contributed by atoms with Crippen molar-refractivity contribution in [1.82, 2.24) is 5.32 Å². The van der Waals surface area contributed by atoms with Crippen molar-refractivity contribution >= 4 is 27.5 Å². The summed E-state index contributed by atoms with van der Waals surface area (Å²) in [5.74, 6) is 0.938. The van der Waals surface area contributed by atoms with Crippen molar-refractivity contribution in [3.8, 4) is 5.75 Å². The van der Waals surface area contributed by atoms with Crippen LogP contribution in [0.5, 0.6) is 5.75 Å². The maximum atomic E-state index is 6.14. The van der Waals surface area contributed by atoms with E-state index in [4.69, 9.17) is 16.3 Å². The standard InChI is InChI=1S/C17H17BrClNO/c1-20-17(15-10-12(19)5-8-16(15)18)11-3-2-4-14(9-11)21-13-6-7-13/h2-5,8-10,13,17,20H,6-7H2,1H3. The minimum absolute atomic E-state index is 0.0702. The van der Waals surface area contributed by atoms with Gasteiger partial charge in [0.25, 0.3) is 0 Å². The quantitative estimate of drug-likeness (QED) is 0.808. The Morgan fingerprint density at radius 3 is 2.76 bits per heavy atom. The van der Waals surface area contributed by atoms with Crippen molar-refractivity contribution in [1.29, 1.82) is 0 Å². The molecule has 2 nitrogen and oxygen atoms in total. The molecule has 1 saturated carbocycles. The molecule has 3 rings (SSSR count). The zero-order chi connectivity index (χ0) is 14.8. The molecule has 2 aromatic carbocycles. The van der Waals surface area contributed by atoms with Gasteiger partial charge in [-0.2, -0.15) is 0 Å². The first-order valence-corrected chi connectivity index (χ1v) is 8.23. The molecule has 1 aliphatic rings. The summed E-state index contributed by atoms with van der Waals surface area (Å²) in [6.07, 6.45) is 2.74. The highest BCUT2D eigenvalue weighted by Crippen LogP contribution is 2.33. The van der Waals surface area contributed by atoms with Crippen LogP contribution < -0.4 is 10.1 Å². The van der Waals surface area contributed by atoms with Crippen molar-refractivity contribution < 1.29 is 4.74 Å². The second-order valence-corrected chi connectivity index (χ2v) is 6.57. The molecule has 0 heterocycles. The summed E-state index contributed by atoms with van der Waals surface area (Å²) in [7, 11) is 1.95. The summed E-state index contributed by atoms with van der Waals surface area (Å²) in [6, 6.07) is 14.2. The van der Waals surface area contributed by atoms with Crippen LogP contribution in [0.2, 0.25) is 5.02 Å². The first-order chi connectivity index (χ1) is 10.2. The predicted molar refractivity (Wildman–Crippen MR) is 90.1 cm³/mol. The van der Waals surface area contributed by atoms with Crippen LogP contribution in [0.1, 0.15) is 30.0 Å². The van der Waals surface area contributed by atoms with E-state index in [1.807, 2.05) is 37.4 Å². The van der Waals surface area contributed by atoms with Gasteiger partial charge in [-0.3, -0.25) is 0 Å². The molecule has 4 heteroatoms. The number of hydrogen-bond acceptors (Lipinski definition) is 2. The number of rotatable bonds is 5. The highest BCUT2D eigenvalue weighted by atomic mass is 79.9. The maximum Gasteiger partial charge on any atom is 0.120 e. The van der Waals surface area contributed by atoms with Crippen LogP contribution in [0, 0.1) is 0 Å². The third-order valence-corrected chi connectivity index (χ3v) is 4.53. The van der Waals surface area contributed by atoms with Crippen LogP contribution in [0.15, 0.2) is 46.9 Å². The van der Waals surface area contributed by atoms with Crippen molar-refractivity contribution in [2.24, 2.45) is 0 Å². The Labute approximate surface area is 138 Å². The first kappa shape index (κ1) is 14.9. The number of hydrogen-bond donors (Lipinski definition) is 1. The maximum absolute atomic E-state index is 6.14. The molecule has 110 valence electrons. The van der Waals surface area contributed by atoms with E-state index in [1.54, 1.807) is 0 Å². The lowest BCUT2D eigenvalue weighted by Crippen LogP contribution is -2.18. The molecule has 1 N–H and O–H groups in total. The molecule has 2 aromatic rings. The fourth-order valence-corrected chi connectivity index (χ4v) is 3.04. The SMILES string of the molecule is CNC(c1cccc(OC2CC2)c1)c1cc(Cl)ccc1Br. The summed E-state index contributed by atoms with van der Waals surface area (Å²) < 4.78 is 6.93. The second-order valence-electron chi connectivity index (χ2n) is 5.28. The van der Waals surface area contributed by atoms with Crippen LogP contribution in [0.3, 0.4) is 0 Å². The monoisotopic (exact) mass is 365 g/mol. The van der Waals surface area contributed by atoms with Gasteiger partial charge >= 0.3 is 0 Å². The number of halogens is 2. The van der Waals surface area contributed by atoms with Gasteiger partial charge in [-0.1, -0.05) is 39.7 Å². The van der Waals surface area contributed by atoms with Gasteiger partial charge in [0.05, 0.1) is 12.1 Å². The molecule has 0 bridgehead atoms. The van der Waals surface area contributed by atoms with Gasteiger partial charge in [-0.25, -0.2) is 0 Å². The lowest BCUT2D eigenvalue weighted by Gasteiger charge is -2.20. The minimum Gasteiger partial charge on any atom is -0.490 e. The normalized spacial score (nSPS) is 15.8. The smallest absolute Gasteiger partial charge is 0.120 e. The summed E-state index contributed by atoms with van der Waals surface area (Å²) in [4.78, 5) is 0. The Morgan fingerprint density at radius 2 is 2.05 bits per heavy atom. The summed E-state index contributed by atoms with van der Waals surface area (Å²) >= 11 is 9.75. The molecular weight excluding hydrogens is 350 g/mol. The molecule has 0 spiro atoms. The van der Waals surface area contributed by atoms with Gasteiger partial charge in [0.15, 0.2) is 0 Å². The molecule has 1 fully saturated rings. The molecule has 0 aliphatic heterocycles. The van der Waals surface area contributed by atoms with E-state index in [0.717, 1.165) is 20.8 Å².